The predicted octanol–water partition coefficient (Wildman–Crippen LogP) is 3.03. The van der Waals surface area contributed by atoms with Gasteiger partial charge >= 0.3 is 5.97 Å². The Labute approximate surface area is 139 Å². The molecule has 0 bridgehead atoms. The van der Waals surface area contributed by atoms with E-state index in [9.17, 15) is 18.0 Å². The molecule has 0 aliphatic rings. The number of carbonyl (C=O) groups excluding carboxylic acids is 2. The second kappa shape index (κ2) is 6.44. The lowest BCUT2D eigenvalue weighted by Gasteiger charge is -2.26. The van der Waals surface area contributed by atoms with Crippen molar-refractivity contribution in [3.63, 3.8) is 0 Å². The van der Waals surface area contributed by atoms with E-state index in [2.05, 4.69) is 4.84 Å². The molecule has 1 rings (SSSR count). The zero-order chi connectivity index (χ0) is 17.3. The third-order valence-corrected chi connectivity index (χ3v) is 4.66. The summed E-state index contributed by atoms with van der Waals surface area (Å²) in [5, 5.41) is -0.0442. The van der Waals surface area contributed by atoms with E-state index >= 15 is 0 Å². The molecule has 0 aliphatic heterocycles. The van der Waals surface area contributed by atoms with Crippen LogP contribution in [0.15, 0.2) is 23.1 Å². The van der Waals surface area contributed by atoms with Crippen LogP contribution in [0.2, 0.25) is 10.0 Å². The Kier molecular flexibility index (Phi) is 5.48. The van der Waals surface area contributed by atoms with E-state index < -0.39 is 32.2 Å². The van der Waals surface area contributed by atoms with Crippen molar-refractivity contribution >= 4 is 45.1 Å². The number of hydrogen-bond donors (Lipinski definition) is 0. The smallest absolute Gasteiger partial charge is 0.323 e. The van der Waals surface area contributed by atoms with E-state index in [1.807, 2.05) is 0 Å². The van der Waals surface area contributed by atoms with Gasteiger partial charge in [-0.25, -0.2) is 4.79 Å². The molecular formula is C13H15Cl2NO5S. The predicted molar refractivity (Wildman–Crippen MR) is 81.7 cm³/mol. The van der Waals surface area contributed by atoms with Crippen LogP contribution in [-0.4, -0.2) is 24.8 Å². The molecule has 122 valence electrons. The largest absolute Gasteiger partial charge is 0.330 e. The molecule has 9 heteroatoms. The highest BCUT2D eigenvalue weighted by atomic mass is 35.5. The summed E-state index contributed by atoms with van der Waals surface area (Å²) in [6.07, 6.45) is 0. The Bertz CT molecular complexity index is 710. The maximum absolute atomic E-state index is 12.6. The Morgan fingerprint density at radius 1 is 1.18 bits per heavy atom. The zero-order valence-electron chi connectivity index (χ0n) is 12.4. The minimum atomic E-state index is -4.51. The fourth-order valence-corrected chi connectivity index (χ4v) is 3.47. The van der Waals surface area contributed by atoms with E-state index in [4.69, 9.17) is 23.2 Å². The van der Waals surface area contributed by atoms with Gasteiger partial charge < -0.3 is 4.84 Å². The molecule has 0 radical (unpaired) electrons. The molecule has 0 aromatic heterocycles. The van der Waals surface area contributed by atoms with E-state index in [1.165, 1.54) is 32.9 Å². The summed E-state index contributed by atoms with van der Waals surface area (Å²) in [5.41, 5.74) is -1.10. The summed E-state index contributed by atoms with van der Waals surface area (Å²) in [6, 6.07) is 3.74. The fourth-order valence-electron chi connectivity index (χ4n) is 1.35. The average molecular weight is 368 g/mol. The summed E-state index contributed by atoms with van der Waals surface area (Å²) in [4.78, 5) is 27.7. The van der Waals surface area contributed by atoms with Crippen LogP contribution in [0.25, 0.3) is 0 Å². The number of nitrogens with zero attached hydrogens (tertiary/aromatic N) is 1. The number of halogens is 2. The third-order valence-electron chi connectivity index (χ3n) is 2.41. The molecule has 22 heavy (non-hydrogen) atoms. The van der Waals surface area contributed by atoms with Crippen LogP contribution in [0.5, 0.6) is 0 Å². The van der Waals surface area contributed by atoms with Gasteiger partial charge in [0.15, 0.2) is 0 Å². The lowest BCUT2D eigenvalue weighted by molar-refractivity contribution is -0.181. The minimum absolute atomic E-state index is 0.0485. The molecule has 1 amide bonds. The highest BCUT2D eigenvalue weighted by molar-refractivity contribution is 7.89. The number of carbonyl (C=O) groups is 2. The second-order valence-electron chi connectivity index (χ2n) is 5.44. The molecule has 0 saturated heterocycles. The quantitative estimate of drug-likeness (QED) is 0.750. The number of benzene rings is 1. The monoisotopic (exact) mass is 367 g/mol. The summed E-state index contributed by atoms with van der Waals surface area (Å²) >= 11 is 11.6. The number of hydrogen-bond acceptors (Lipinski definition) is 5. The van der Waals surface area contributed by atoms with Gasteiger partial charge in [-0.1, -0.05) is 48.4 Å². The van der Waals surface area contributed by atoms with E-state index in [0.717, 1.165) is 13.0 Å². The van der Waals surface area contributed by atoms with Crippen LogP contribution in [0.3, 0.4) is 0 Å². The summed E-state index contributed by atoms with van der Waals surface area (Å²) in [5.74, 6) is -1.88. The van der Waals surface area contributed by atoms with Gasteiger partial charge in [0.1, 0.15) is 4.90 Å². The SMILES string of the molecule is CC(=O)ON(C(=O)C(C)(C)C)S(=O)(=O)c1cc(Cl)ccc1Cl. The minimum Gasteiger partial charge on any atom is -0.323 e. The van der Waals surface area contributed by atoms with Gasteiger partial charge in [0.05, 0.1) is 5.02 Å². The number of amides is 1. The van der Waals surface area contributed by atoms with Crippen molar-refractivity contribution in [3.05, 3.63) is 28.2 Å². The van der Waals surface area contributed by atoms with E-state index in [0.29, 0.717) is 0 Å². The summed E-state index contributed by atoms with van der Waals surface area (Å²) in [6.45, 7) is 5.45. The van der Waals surface area contributed by atoms with E-state index in [-0.39, 0.29) is 14.5 Å². The molecule has 0 atom stereocenters. The Balaban J connectivity index is 3.49. The van der Waals surface area contributed by atoms with Crippen molar-refractivity contribution in [2.75, 3.05) is 0 Å². The molecule has 0 fully saturated rings. The topological polar surface area (TPSA) is 80.8 Å². The van der Waals surface area contributed by atoms with Gasteiger partial charge in [0.25, 0.3) is 15.9 Å². The van der Waals surface area contributed by atoms with Crippen molar-refractivity contribution in [1.29, 1.82) is 0 Å². The fraction of sp³-hybridized carbons (Fsp3) is 0.385. The standard InChI is InChI=1S/C13H15Cl2NO5S/c1-8(17)21-16(12(18)13(2,3)4)22(19,20)11-7-9(14)5-6-10(11)15/h5-7H,1-4H3. The maximum atomic E-state index is 12.6. The third kappa shape index (κ3) is 4.12. The first kappa shape index (κ1) is 18.7. The molecule has 6 nitrogen and oxygen atoms in total. The van der Waals surface area contributed by atoms with Gasteiger partial charge in [0.2, 0.25) is 0 Å². The molecule has 0 heterocycles. The highest BCUT2D eigenvalue weighted by Gasteiger charge is 2.40. The first-order chi connectivity index (χ1) is 9.87. The van der Waals surface area contributed by atoms with Crippen molar-refractivity contribution in [1.82, 2.24) is 4.47 Å². The molecule has 0 saturated carbocycles. The highest BCUT2D eigenvalue weighted by Crippen LogP contribution is 2.30. The first-order valence-corrected chi connectivity index (χ1v) is 8.30. The van der Waals surface area contributed by atoms with Gasteiger partial charge in [-0.15, -0.1) is 0 Å². The van der Waals surface area contributed by atoms with Crippen molar-refractivity contribution in [3.8, 4) is 0 Å². The van der Waals surface area contributed by atoms with Gasteiger partial charge in [-0.2, -0.15) is 8.42 Å². The summed E-state index contributed by atoms with van der Waals surface area (Å²) < 4.78 is 25.3. The Morgan fingerprint density at radius 3 is 2.18 bits per heavy atom. The van der Waals surface area contributed by atoms with Crippen molar-refractivity contribution in [2.45, 2.75) is 32.6 Å². The van der Waals surface area contributed by atoms with Crippen LogP contribution < -0.4 is 0 Å². The Hall–Kier alpha value is -1.31. The lowest BCUT2D eigenvalue weighted by atomic mass is 9.96. The number of sulfonamides is 1. The maximum Gasteiger partial charge on any atom is 0.330 e. The summed E-state index contributed by atoms with van der Waals surface area (Å²) in [7, 11) is -4.51. The molecule has 1 aromatic carbocycles. The molecule has 0 spiro atoms. The van der Waals surface area contributed by atoms with Crippen LogP contribution >= 0.6 is 23.2 Å². The van der Waals surface area contributed by atoms with E-state index in [1.54, 1.807) is 0 Å². The van der Waals surface area contributed by atoms with Gasteiger partial charge in [-0.05, 0) is 18.2 Å². The second-order valence-corrected chi connectivity index (χ2v) is 8.01. The number of rotatable bonds is 2. The molecule has 0 unspecified atom stereocenters. The van der Waals surface area contributed by atoms with Crippen LogP contribution in [0.1, 0.15) is 27.7 Å². The molecule has 0 N–H and O–H groups in total. The van der Waals surface area contributed by atoms with Crippen LogP contribution in [0.4, 0.5) is 0 Å². The molecule has 0 aliphatic carbocycles. The molecular weight excluding hydrogens is 353 g/mol. The van der Waals surface area contributed by atoms with Gasteiger partial charge in [-0.3, -0.25) is 4.79 Å². The lowest BCUT2D eigenvalue weighted by Crippen LogP contribution is -2.44. The van der Waals surface area contributed by atoms with Crippen molar-refractivity contribution < 1.29 is 22.8 Å². The first-order valence-electron chi connectivity index (χ1n) is 6.10. The Morgan fingerprint density at radius 2 is 1.73 bits per heavy atom. The normalized spacial score (nSPS) is 11.9. The zero-order valence-corrected chi connectivity index (χ0v) is 14.7. The van der Waals surface area contributed by atoms with Crippen molar-refractivity contribution in [2.24, 2.45) is 5.41 Å². The number of hydroxylamine groups is 1. The van der Waals surface area contributed by atoms with Crippen LogP contribution in [-0.2, 0) is 24.4 Å². The molecule has 1 aromatic rings. The average Bonchev–Trinajstić information content (AvgIpc) is 2.36. The van der Waals surface area contributed by atoms with Crippen LogP contribution in [0, 0.1) is 5.41 Å². The van der Waals surface area contributed by atoms with Gasteiger partial charge in [0, 0.05) is 17.4 Å².